The molecule has 0 aromatic rings. The lowest BCUT2D eigenvalue weighted by Crippen LogP contribution is -2.42. The van der Waals surface area contributed by atoms with Gasteiger partial charge in [-0.05, 0) is 19.3 Å². The zero-order chi connectivity index (χ0) is 11.1. The highest BCUT2D eigenvalue weighted by Crippen LogP contribution is 2.15. The summed E-state index contributed by atoms with van der Waals surface area (Å²) in [5.74, 6) is -0.273. The largest absolute Gasteiger partial charge is 0.383 e. The van der Waals surface area contributed by atoms with Gasteiger partial charge in [0.1, 0.15) is 0 Å². The smallest absolute Gasteiger partial charge is 0.231 e. The van der Waals surface area contributed by atoms with E-state index in [0.29, 0.717) is 19.2 Å². The quantitative estimate of drug-likeness (QED) is 0.653. The van der Waals surface area contributed by atoms with Gasteiger partial charge >= 0.3 is 0 Å². The Morgan fingerprint density at radius 1 is 1.67 bits per heavy atom. The molecule has 0 aromatic heterocycles. The topological polar surface area (TPSA) is 55.6 Å². The molecule has 1 rings (SSSR count). The van der Waals surface area contributed by atoms with E-state index in [1.807, 2.05) is 0 Å². The van der Waals surface area contributed by atoms with Crippen LogP contribution in [-0.4, -0.2) is 43.7 Å². The van der Waals surface area contributed by atoms with Crippen LogP contribution in [0, 0.1) is 0 Å². The van der Waals surface area contributed by atoms with Gasteiger partial charge in [-0.2, -0.15) is 0 Å². The fourth-order valence-electron chi connectivity index (χ4n) is 1.87. The molecule has 1 aliphatic rings. The lowest BCUT2D eigenvalue weighted by molar-refractivity contribution is -0.119. The number of nitrogens with two attached hydrogens (primary N) is 1. The number of rotatable bonds is 6. The molecule has 2 N–H and O–H groups in total. The Bertz CT molecular complexity index is 229. The molecule has 0 saturated heterocycles. The summed E-state index contributed by atoms with van der Waals surface area (Å²) in [4.78, 5) is 13.0. The summed E-state index contributed by atoms with van der Waals surface area (Å²) >= 11 is 0. The van der Waals surface area contributed by atoms with Crippen LogP contribution in [-0.2, 0) is 9.53 Å². The molecular formula is C11H20N2O2. The molecule has 1 unspecified atom stereocenters. The van der Waals surface area contributed by atoms with Crippen molar-refractivity contribution in [1.82, 2.24) is 4.90 Å². The first-order valence-corrected chi connectivity index (χ1v) is 5.42. The average Bonchev–Trinajstić information content (AvgIpc) is 2.25. The van der Waals surface area contributed by atoms with Crippen molar-refractivity contribution in [3.05, 3.63) is 12.2 Å². The van der Waals surface area contributed by atoms with E-state index in [1.54, 1.807) is 7.11 Å². The first kappa shape index (κ1) is 12.2. The van der Waals surface area contributed by atoms with Crippen molar-refractivity contribution in [3.8, 4) is 0 Å². The summed E-state index contributed by atoms with van der Waals surface area (Å²) in [6, 6.07) is 0.349. The predicted octanol–water partition coefficient (Wildman–Crippen LogP) is 0.529. The number of hydrogen-bond donors (Lipinski definition) is 1. The molecule has 0 heterocycles. The maximum atomic E-state index is 10.9. The summed E-state index contributed by atoms with van der Waals surface area (Å²) in [6.45, 7) is 1.71. The second kappa shape index (κ2) is 6.58. The van der Waals surface area contributed by atoms with Crippen LogP contribution in [0.1, 0.15) is 19.3 Å². The Labute approximate surface area is 91.1 Å². The lowest BCUT2D eigenvalue weighted by atomic mass is 10.0. The van der Waals surface area contributed by atoms with Crippen molar-refractivity contribution >= 4 is 5.91 Å². The summed E-state index contributed by atoms with van der Waals surface area (Å²) in [6.07, 6.45) is 7.78. The third-order valence-corrected chi connectivity index (χ3v) is 2.64. The van der Waals surface area contributed by atoms with Gasteiger partial charge in [0.2, 0.25) is 5.91 Å². The van der Waals surface area contributed by atoms with Gasteiger partial charge in [-0.1, -0.05) is 12.2 Å². The number of ether oxygens (including phenoxy) is 1. The van der Waals surface area contributed by atoms with Crippen molar-refractivity contribution in [1.29, 1.82) is 0 Å². The Kier molecular flexibility index (Phi) is 5.36. The summed E-state index contributed by atoms with van der Waals surface area (Å²) in [5, 5.41) is 0. The van der Waals surface area contributed by atoms with Crippen molar-refractivity contribution in [2.24, 2.45) is 5.73 Å². The van der Waals surface area contributed by atoms with Gasteiger partial charge in [-0.3, -0.25) is 9.69 Å². The second-order valence-electron chi connectivity index (χ2n) is 3.86. The Balaban J connectivity index is 2.49. The maximum absolute atomic E-state index is 10.9. The van der Waals surface area contributed by atoms with Gasteiger partial charge in [0.15, 0.2) is 0 Å². The Morgan fingerprint density at radius 3 is 3.00 bits per heavy atom. The van der Waals surface area contributed by atoms with E-state index < -0.39 is 0 Å². The zero-order valence-corrected chi connectivity index (χ0v) is 9.32. The molecule has 4 heteroatoms. The fourth-order valence-corrected chi connectivity index (χ4v) is 1.87. The average molecular weight is 212 g/mol. The third kappa shape index (κ3) is 4.44. The zero-order valence-electron chi connectivity index (χ0n) is 9.32. The number of nitrogens with zero attached hydrogens (tertiary/aromatic N) is 1. The van der Waals surface area contributed by atoms with Gasteiger partial charge in [0.05, 0.1) is 13.2 Å². The molecule has 0 bridgehead atoms. The molecule has 0 radical (unpaired) electrons. The van der Waals surface area contributed by atoms with Gasteiger partial charge < -0.3 is 10.5 Å². The van der Waals surface area contributed by atoms with E-state index in [0.717, 1.165) is 19.4 Å². The standard InChI is InChI=1S/C11H20N2O2/c1-15-8-7-13(9-11(12)14)10-5-3-2-4-6-10/h3,5,10H,2,4,6-9H2,1H3,(H2,12,14). The van der Waals surface area contributed by atoms with E-state index in [1.165, 1.54) is 6.42 Å². The number of carbonyl (C=O) groups is 1. The molecule has 0 aromatic carbocycles. The summed E-state index contributed by atoms with van der Waals surface area (Å²) in [7, 11) is 1.67. The maximum Gasteiger partial charge on any atom is 0.231 e. The Morgan fingerprint density at radius 2 is 2.47 bits per heavy atom. The molecule has 0 spiro atoms. The number of allylic oxidation sites excluding steroid dienone is 1. The molecule has 86 valence electrons. The Hall–Kier alpha value is -0.870. The van der Waals surface area contributed by atoms with Gasteiger partial charge in [0, 0.05) is 19.7 Å². The fraction of sp³-hybridized carbons (Fsp3) is 0.727. The molecule has 1 atom stereocenters. The van der Waals surface area contributed by atoms with E-state index in [-0.39, 0.29) is 5.91 Å². The molecule has 1 amide bonds. The molecule has 15 heavy (non-hydrogen) atoms. The summed E-state index contributed by atoms with van der Waals surface area (Å²) < 4.78 is 5.03. The van der Waals surface area contributed by atoms with E-state index in [9.17, 15) is 4.79 Å². The first-order chi connectivity index (χ1) is 7.24. The van der Waals surface area contributed by atoms with Crippen molar-refractivity contribution < 1.29 is 9.53 Å². The van der Waals surface area contributed by atoms with Crippen LogP contribution in [0.4, 0.5) is 0 Å². The SMILES string of the molecule is COCCN(CC(N)=O)C1C=CCCC1. The highest BCUT2D eigenvalue weighted by atomic mass is 16.5. The predicted molar refractivity (Wildman–Crippen MR) is 59.4 cm³/mol. The number of amides is 1. The van der Waals surface area contributed by atoms with Crippen LogP contribution in [0.2, 0.25) is 0 Å². The van der Waals surface area contributed by atoms with Crippen molar-refractivity contribution in [2.75, 3.05) is 26.8 Å². The van der Waals surface area contributed by atoms with Crippen molar-refractivity contribution in [3.63, 3.8) is 0 Å². The van der Waals surface area contributed by atoms with Gasteiger partial charge in [-0.25, -0.2) is 0 Å². The number of primary amides is 1. The highest BCUT2D eigenvalue weighted by molar-refractivity contribution is 5.76. The molecule has 0 saturated carbocycles. The minimum Gasteiger partial charge on any atom is -0.383 e. The third-order valence-electron chi connectivity index (χ3n) is 2.64. The van der Waals surface area contributed by atoms with Crippen molar-refractivity contribution in [2.45, 2.75) is 25.3 Å². The van der Waals surface area contributed by atoms with Crippen LogP contribution in [0.5, 0.6) is 0 Å². The molecule has 0 aliphatic heterocycles. The molecule has 4 nitrogen and oxygen atoms in total. The molecule has 1 aliphatic carbocycles. The van der Waals surface area contributed by atoms with Gasteiger partial charge in [0.25, 0.3) is 0 Å². The number of carbonyl (C=O) groups excluding carboxylic acids is 1. The van der Waals surface area contributed by atoms with Crippen LogP contribution in [0.15, 0.2) is 12.2 Å². The van der Waals surface area contributed by atoms with Crippen LogP contribution < -0.4 is 5.73 Å². The minimum atomic E-state index is -0.273. The van der Waals surface area contributed by atoms with Gasteiger partial charge in [-0.15, -0.1) is 0 Å². The summed E-state index contributed by atoms with van der Waals surface area (Å²) in [5.41, 5.74) is 5.23. The number of hydrogen-bond acceptors (Lipinski definition) is 3. The van der Waals surface area contributed by atoms with E-state index in [4.69, 9.17) is 10.5 Å². The second-order valence-corrected chi connectivity index (χ2v) is 3.86. The van der Waals surface area contributed by atoms with E-state index in [2.05, 4.69) is 17.1 Å². The van der Waals surface area contributed by atoms with Crippen LogP contribution in [0.3, 0.4) is 0 Å². The normalized spacial score (nSPS) is 20.8. The molecule has 0 fully saturated rings. The monoisotopic (exact) mass is 212 g/mol. The van der Waals surface area contributed by atoms with Crippen LogP contribution >= 0.6 is 0 Å². The highest BCUT2D eigenvalue weighted by Gasteiger charge is 2.18. The lowest BCUT2D eigenvalue weighted by Gasteiger charge is -2.30. The van der Waals surface area contributed by atoms with Crippen LogP contribution in [0.25, 0.3) is 0 Å². The number of methoxy groups -OCH3 is 1. The first-order valence-electron chi connectivity index (χ1n) is 5.42. The van der Waals surface area contributed by atoms with E-state index >= 15 is 0 Å². The minimum absolute atomic E-state index is 0.273. The molecular weight excluding hydrogens is 192 g/mol.